The molecule has 7 rings (SSSR count). The summed E-state index contributed by atoms with van der Waals surface area (Å²) in [6, 6.07) is 12.1. The number of unbranched alkanes of at least 4 members (excludes halogenated alkanes) is 1. The van der Waals surface area contributed by atoms with Gasteiger partial charge < -0.3 is 24.0 Å². The molecule has 3 aliphatic rings. The van der Waals surface area contributed by atoms with Crippen molar-refractivity contribution in [2.24, 2.45) is 0 Å². The molecule has 3 aromatic heterocycles. The summed E-state index contributed by atoms with van der Waals surface area (Å²) in [6.45, 7) is 10.5. The minimum Gasteiger partial charge on any atom is -0.449 e. The quantitative estimate of drug-likeness (QED) is 0.146. The van der Waals surface area contributed by atoms with Crippen LogP contribution in [0.25, 0.3) is 10.9 Å². The van der Waals surface area contributed by atoms with E-state index >= 15 is 4.39 Å². The number of halogens is 1. The van der Waals surface area contributed by atoms with Crippen LogP contribution in [0.1, 0.15) is 80.4 Å². The van der Waals surface area contributed by atoms with E-state index in [2.05, 4.69) is 55.5 Å². The van der Waals surface area contributed by atoms with Crippen LogP contribution in [0.15, 0.2) is 59.8 Å². The number of piperidine rings is 1. The van der Waals surface area contributed by atoms with Gasteiger partial charge in [0.25, 0.3) is 0 Å². The van der Waals surface area contributed by atoms with Crippen molar-refractivity contribution in [1.29, 1.82) is 0 Å². The van der Waals surface area contributed by atoms with Crippen molar-refractivity contribution in [3.05, 3.63) is 93.5 Å². The van der Waals surface area contributed by atoms with Crippen molar-refractivity contribution in [3.63, 3.8) is 0 Å². The topological polar surface area (TPSA) is 87.0 Å². The zero-order valence-electron chi connectivity index (χ0n) is 31.1. The van der Waals surface area contributed by atoms with E-state index in [1.807, 2.05) is 43.4 Å². The lowest BCUT2D eigenvalue weighted by molar-refractivity contribution is 0.0986. The van der Waals surface area contributed by atoms with Crippen LogP contribution in [-0.4, -0.2) is 82.3 Å². The largest absolute Gasteiger partial charge is 0.449 e. The lowest BCUT2D eigenvalue weighted by Gasteiger charge is -2.40. The van der Waals surface area contributed by atoms with Crippen molar-refractivity contribution >= 4 is 28.4 Å². The summed E-state index contributed by atoms with van der Waals surface area (Å²) in [5.41, 5.74) is 6.06. The molecule has 3 fully saturated rings. The number of carbonyl (C=O) groups is 1. The first-order valence-corrected chi connectivity index (χ1v) is 19.0. The monoisotopic (exact) mass is 709 g/mol. The van der Waals surface area contributed by atoms with Crippen LogP contribution in [0, 0.1) is 19.7 Å². The number of aryl methyl sites for hydroxylation is 2. The maximum atomic E-state index is 16.1. The van der Waals surface area contributed by atoms with Gasteiger partial charge in [-0.3, -0.25) is 19.7 Å². The zero-order chi connectivity index (χ0) is 36.4. The molecule has 1 saturated carbocycles. The summed E-state index contributed by atoms with van der Waals surface area (Å²) < 4.78 is 23.8. The fourth-order valence-electron chi connectivity index (χ4n) is 7.86. The standard InChI is InChI=1S/C41H52FN7O3/c1-5-6-18-52-41(51)45(4)34-14-17-47(26-34)39-21-38-36(20-37(39)42)40(50)31(25-49(38)32-11-12-32)24-48(23-30-13-15-43-29(3)19-30)35-8-7-16-46(27-35)33-10-9-28(2)44-22-33/h9-10,13,15,19-22,25,32,34-35H,5-8,11-12,14,16-18,23-24,26-27H2,1-4H3/t34-,35+/m1/s1. The first-order chi connectivity index (χ1) is 25.2. The Morgan fingerprint density at radius 1 is 0.962 bits per heavy atom. The molecule has 0 radical (unpaired) electrons. The fourth-order valence-corrected chi connectivity index (χ4v) is 7.86. The second kappa shape index (κ2) is 15.6. The van der Waals surface area contributed by atoms with Gasteiger partial charge in [0.2, 0.25) is 0 Å². The number of nitrogens with zero attached hydrogens (tertiary/aromatic N) is 7. The number of hydrogen-bond donors (Lipinski definition) is 0. The number of amides is 1. The molecule has 1 aliphatic carbocycles. The van der Waals surface area contributed by atoms with Crippen LogP contribution in [0.2, 0.25) is 0 Å². The van der Waals surface area contributed by atoms with Crippen LogP contribution in [0.3, 0.4) is 0 Å². The summed E-state index contributed by atoms with van der Waals surface area (Å²) in [6.07, 6.45) is 12.1. The minimum absolute atomic E-state index is 0.0784. The number of ether oxygens (including phenoxy) is 1. The SMILES string of the molecule is CCCCOC(=O)N(C)[C@@H]1CCN(c2cc3c(cc2F)c(=O)c(CN(Cc2ccnc(C)c2)[C@H]2CCCN(c4ccc(C)nc4)C2)cn3C2CC2)C1. The molecule has 52 heavy (non-hydrogen) atoms. The molecule has 2 aliphatic heterocycles. The lowest BCUT2D eigenvalue weighted by Crippen LogP contribution is -2.48. The maximum absolute atomic E-state index is 16.1. The third-order valence-electron chi connectivity index (χ3n) is 11.1. The molecule has 4 aromatic rings. The highest BCUT2D eigenvalue weighted by Crippen LogP contribution is 2.39. The summed E-state index contributed by atoms with van der Waals surface area (Å²) >= 11 is 0. The van der Waals surface area contributed by atoms with E-state index in [0.29, 0.717) is 49.4 Å². The molecule has 0 spiro atoms. The maximum Gasteiger partial charge on any atom is 0.409 e. The molecular weight excluding hydrogens is 657 g/mol. The average Bonchev–Trinajstić information content (AvgIpc) is 3.88. The van der Waals surface area contributed by atoms with Gasteiger partial charge in [0, 0.05) is 93.1 Å². The van der Waals surface area contributed by atoms with Gasteiger partial charge in [-0.05, 0) is 94.3 Å². The van der Waals surface area contributed by atoms with Crippen LogP contribution in [-0.2, 0) is 17.8 Å². The van der Waals surface area contributed by atoms with Gasteiger partial charge in [-0.15, -0.1) is 0 Å². The van der Waals surface area contributed by atoms with E-state index in [0.717, 1.165) is 86.2 Å². The predicted octanol–water partition coefficient (Wildman–Crippen LogP) is 7.00. The number of fused-ring (bicyclic) bond motifs is 1. The third-order valence-corrected chi connectivity index (χ3v) is 11.1. The highest BCUT2D eigenvalue weighted by molar-refractivity contribution is 5.84. The number of hydrogen-bond acceptors (Lipinski definition) is 8. The second-order valence-electron chi connectivity index (χ2n) is 15.0. The summed E-state index contributed by atoms with van der Waals surface area (Å²) in [7, 11) is 1.76. The first kappa shape index (κ1) is 35.9. The molecule has 5 heterocycles. The lowest BCUT2D eigenvalue weighted by atomic mass is 10.0. The van der Waals surface area contributed by atoms with E-state index in [9.17, 15) is 9.59 Å². The van der Waals surface area contributed by atoms with Crippen molar-refractivity contribution in [2.75, 3.05) is 49.6 Å². The van der Waals surface area contributed by atoms with Gasteiger partial charge in [0.15, 0.2) is 5.43 Å². The van der Waals surface area contributed by atoms with Gasteiger partial charge in [-0.25, -0.2) is 9.18 Å². The molecule has 276 valence electrons. The molecule has 1 aromatic carbocycles. The second-order valence-corrected chi connectivity index (χ2v) is 15.0. The van der Waals surface area contributed by atoms with Crippen LogP contribution in [0.4, 0.5) is 20.6 Å². The number of benzene rings is 1. The normalized spacial score (nSPS) is 19.1. The Hall–Kier alpha value is -4.51. The minimum atomic E-state index is -0.406. The van der Waals surface area contributed by atoms with E-state index < -0.39 is 5.82 Å². The predicted molar refractivity (Wildman–Crippen MR) is 204 cm³/mol. The first-order valence-electron chi connectivity index (χ1n) is 19.0. The van der Waals surface area contributed by atoms with Crippen molar-refractivity contribution in [3.8, 4) is 0 Å². The molecule has 2 atom stereocenters. The highest BCUT2D eigenvalue weighted by atomic mass is 19.1. The van der Waals surface area contributed by atoms with Crippen molar-refractivity contribution in [2.45, 2.75) is 96.9 Å². The smallest absolute Gasteiger partial charge is 0.409 e. The van der Waals surface area contributed by atoms with Crippen molar-refractivity contribution in [1.82, 2.24) is 24.3 Å². The van der Waals surface area contributed by atoms with E-state index in [1.165, 1.54) is 6.07 Å². The fraction of sp³-hybridized carbons (Fsp3) is 0.512. The molecule has 11 heteroatoms. The molecule has 2 saturated heterocycles. The van der Waals surface area contributed by atoms with Crippen molar-refractivity contribution < 1.29 is 13.9 Å². The third kappa shape index (κ3) is 7.94. The summed E-state index contributed by atoms with van der Waals surface area (Å²) in [4.78, 5) is 44.5. The number of pyridine rings is 3. The van der Waals surface area contributed by atoms with E-state index in [1.54, 1.807) is 11.9 Å². The molecule has 1 amide bonds. The Kier molecular flexibility index (Phi) is 10.8. The number of anilines is 2. The Balaban J connectivity index is 1.17. The number of likely N-dealkylation sites (N-methyl/N-ethyl adjacent to an activating group) is 1. The number of rotatable bonds is 12. The zero-order valence-corrected chi connectivity index (χ0v) is 31.1. The molecule has 0 N–H and O–H groups in total. The van der Waals surface area contributed by atoms with E-state index in [4.69, 9.17) is 4.74 Å². The summed E-state index contributed by atoms with van der Waals surface area (Å²) in [5.74, 6) is -0.406. The van der Waals surface area contributed by atoms with Gasteiger partial charge in [0.1, 0.15) is 5.82 Å². The molecule has 0 bridgehead atoms. The number of carbonyl (C=O) groups excluding carboxylic acids is 1. The van der Waals surface area contributed by atoms with Crippen LogP contribution < -0.4 is 15.2 Å². The Morgan fingerprint density at radius 3 is 2.54 bits per heavy atom. The van der Waals surface area contributed by atoms with Gasteiger partial charge in [0.05, 0.1) is 35.7 Å². The van der Waals surface area contributed by atoms with Gasteiger partial charge in [-0.1, -0.05) is 13.3 Å². The van der Waals surface area contributed by atoms with Gasteiger partial charge >= 0.3 is 6.09 Å². The van der Waals surface area contributed by atoms with Crippen LogP contribution in [0.5, 0.6) is 0 Å². The Labute approximate surface area is 306 Å². The Bertz CT molecular complexity index is 1950. The van der Waals surface area contributed by atoms with Crippen LogP contribution >= 0.6 is 0 Å². The van der Waals surface area contributed by atoms with Gasteiger partial charge in [-0.2, -0.15) is 0 Å². The Morgan fingerprint density at radius 2 is 1.79 bits per heavy atom. The molecule has 0 unspecified atom stereocenters. The number of aromatic nitrogens is 3. The molecular formula is C41H52FN7O3. The highest BCUT2D eigenvalue weighted by Gasteiger charge is 2.33. The average molecular weight is 710 g/mol. The summed E-state index contributed by atoms with van der Waals surface area (Å²) in [5, 5.41) is 0.425. The molecule has 10 nitrogen and oxygen atoms in total. The van der Waals surface area contributed by atoms with E-state index in [-0.39, 0.29) is 29.6 Å².